The molecule has 0 aliphatic carbocycles. The van der Waals surface area contributed by atoms with Crippen LogP contribution in [0.2, 0.25) is 0 Å². The summed E-state index contributed by atoms with van der Waals surface area (Å²) in [7, 11) is 1.62. The molecule has 4 heteroatoms. The van der Waals surface area contributed by atoms with Crippen molar-refractivity contribution in [1.29, 1.82) is 0 Å². The number of ether oxygens (including phenoxy) is 2. The van der Waals surface area contributed by atoms with Gasteiger partial charge in [-0.2, -0.15) is 0 Å². The van der Waals surface area contributed by atoms with Crippen LogP contribution in [0.4, 0.5) is 5.69 Å². The second-order valence-electron chi connectivity index (χ2n) is 4.12. The fraction of sp³-hybridized carbons (Fsp3) is 0.538. The van der Waals surface area contributed by atoms with Gasteiger partial charge in [-0.05, 0) is 26.0 Å². The van der Waals surface area contributed by atoms with E-state index in [1.54, 1.807) is 7.11 Å². The van der Waals surface area contributed by atoms with E-state index in [1.165, 1.54) is 0 Å². The van der Waals surface area contributed by atoms with Crippen LogP contribution in [-0.4, -0.2) is 37.6 Å². The first kappa shape index (κ1) is 13.8. The van der Waals surface area contributed by atoms with Gasteiger partial charge in [0, 0.05) is 6.54 Å². The number of hydrogen-bond acceptors (Lipinski definition) is 4. The maximum atomic E-state index is 9.69. The van der Waals surface area contributed by atoms with E-state index in [-0.39, 0.29) is 6.10 Å². The van der Waals surface area contributed by atoms with Crippen molar-refractivity contribution in [1.82, 2.24) is 0 Å². The van der Waals surface area contributed by atoms with Crippen LogP contribution in [0.1, 0.15) is 13.8 Å². The fourth-order valence-corrected chi connectivity index (χ4v) is 1.38. The van der Waals surface area contributed by atoms with Crippen molar-refractivity contribution in [2.24, 2.45) is 0 Å². The minimum atomic E-state index is -0.526. The Hall–Kier alpha value is -1.26. The van der Waals surface area contributed by atoms with E-state index in [0.29, 0.717) is 13.2 Å². The molecule has 0 amide bonds. The zero-order valence-corrected chi connectivity index (χ0v) is 10.6. The third-order valence-electron chi connectivity index (χ3n) is 2.26. The highest BCUT2D eigenvalue weighted by molar-refractivity contribution is 5.56. The summed E-state index contributed by atoms with van der Waals surface area (Å²) in [5.74, 6) is 0.768. The number of nitrogens with one attached hydrogen (secondary N) is 1. The molecule has 0 radical (unpaired) electrons. The van der Waals surface area contributed by atoms with Crippen LogP contribution in [0.3, 0.4) is 0 Å². The molecule has 0 aliphatic heterocycles. The van der Waals surface area contributed by atoms with E-state index < -0.39 is 6.10 Å². The van der Waals surface area contributed by atoms with Gasteiger partial charge >= 0.3 is 0 Å². The van der Waals surface area contributed by atoms with Crippen molar-refractivity contribution in [2.75, 3.05) is 25.6 Å². The first-order valence-electron chi connectivity index (χ1n) is 5.80. The van der Waals surface area contributed by atoms with Crippen LogP contribution in [-0.2, 0) is 4.74 Å². The maximum absolute atomic E-state index is 9.69. The molecule has 0 aromatic heterocycles. The van der Waals surface area contributed by atoms with Crippen molar-refractivity contribution in [3.63, 3.8) is 0 Å². The lowest BCUT2D eigenvalue weighted by molar-refractivity contribution is 0.0112. The third-order valence-corrected chi connectivity index (χ3v) is 2.26. The van der Waals surface area contributed by atoms with Gasteiger partial charge in [0.25, 0.3) is 0 Å². The van der Waals surface area contributed by atoms with Crippen LogP contribution in [0.5, 0.6) is 5.75 Å². The Morgan fingerprint density at radius 1 is 1.29 bits per heavy atom. The number of methoxy groups -OCH3 is 1. The molecule has 0 saturated carbocycles. The van der Waals surface area contributed by atoms with Crippen molar-refractivity contribution >= 4 is 5.69 Å². The molecule has 17 heavy (non-hydrogen) atoms. The lowest BCUT2D eigenvalue weighted by Crippen LogP contribution is -2.26. The third kappa shape index (κ3) is 5.06. The molecule has 0 bridgehead atoms. The number of rotatable bonds is 7. The molecule has 96 valence electrons. The van der Waals surface area contributed by atoms with E-state index in [9.17, 15) is 5.11 Å². The summed E-state index contributed by atoms with van der Waals surface area (Å²) in [5, 5.41) is 12.8. The molecule has 4 nitrogen and oxygen atoms in total. The molecule has 0 aliphatic rings. The molecular weight excluding hydrogens is 218 g/mol. The second kappa shape index (κ2) is 7.14. The first-order valence-corrected chi connectivity index (χ1v) is 5.80. The highest BCUT2D eigenvalue weighted by atomic mass is 16.5. The number of aliphatic hydroxyl groups excluding tert-OH is 1. The standard InChI is InChI=1S/C13H21NO3/c1-10(2)17-9-11(15)8-14-12-6-4-5-7-13(12)16-3/h4-7,10-11,14-15H,8-9H2,1-3H3. The van der Waals surface area contributed by atoms with Crippen molar-refractivity contribution in [2.45, 2.75) is 26.1 Å². The van der Waals surface area contributed by atoms with Gasteiger partial charge in [0.15, 0.2) is 0 Å². The van der Waals surface area contributed by atoms with Gasteiger partial charge in [0.1, 0.15) is 5.75 Å². The summed E-state index contributed by atoms with van der Waals surface area (Å²) >= 11 is 0. The zero-order chi connectivity index (χ0) is 12.7. The normalized spacial score (nSPS) is 12.5. The molecule has 2 N–H and O–H groups in total. The summed E-state index contributed by atoms with van der Waals surface area (Å²) < 4.78 is 10.5. The first-order chi connectivity index (χ1) is 8.13. The Morgan fingerprint density at radius 3 is 2.65 bits per heavy atom. The van der Waals surface area contributed by atoms with Gasteiger partial charge in [0.05, 0.1) is 31.6 Å². The summed E-state index contributed by atoms with van der Waals surface area (Å²) in [4.78, 5) is 0. The number of aliphatic hydroxyl groups is 1. The topological polar surface area (TPSA) is 50.7 Å². The van der Waals surface area contributed by atoms with Gasteiger partial charge in [-0.3, -0.25) is 0 Å². The summed E-state index contributed by atoms with van der Waals surface area (Å²) in [6, 6.07) is 7.61. The minimum absolute atomic E-state index is 0.135. The van der Waals surface area contributed by atoms with E-state index in [2.05, 4.69) is 5.32 Å². The van der Waals surface area contributed by atoms with Crippen molar-refractivity contribution < 1.29 is 14.6 Å². The monoisotopic (exact) mass is 239 g/mol. The number of para-hydroxylation sites is 2. The Balaban J connectivity index is 2.39. The SMILES string of the molecule is COc1ccccc1NCC(O)COC(C)C. The molecule has 0 spiro atoms. The molecule has 0 saturated heterocycles. The quantitative estimate of drug-likeness (QED) is 0.763. The predicted molar refractivity (Wildman–Crippen MR) is 68.6 cm³/mol. The zero-order valence-electron chi connectivity index (χ0n) is 10.6. The molecular formula is C13H21NO3. The Labute approximate surface area is 103 Å². The number of benzene rings is 1. The van der Waals surface area contributed by atoms with Gasteiger partial charge in [0.2, 0.25) is 0 Å². The minimum Gasteiger partial charge on any atom is -0.495 e. The average molecular weight is 239 g/mol. The molecule has 1 aromatic rings. The van der Waals surface area contributed by atoms with Crippen LogP contribution in [0, 0.1) is 0 Å². The summed E-state index contributed by atoms with van der Waals surface area (Å²) in [6.45, 7) is 4.66. The van der Waals surface area contributed by atoms with Gasteiger partial charge in [-0.15, -0.1) is 0 Å². The molecule has 1 rings (SSSR count). The number of anilines is 1. The van der Waals surface area contributed by atoms with Crippen LogP contribution in [0.25, 0.3) is 0 Å². The van der Waals surface area contributed by atoms with Gasteiger partial charge in [-0.1, -0.05) is 12.1 Å². The summed E-state index contributed by atoms with van der Waals surface area (Å²) in [6.07, 6.45) is -0.391. The Kier molecular flexibility index (Phi) is 5.80. The molecule has 1 atom stereocenters. The maximum Gasteiger partial charge on any atom is 0.141 e. The Bertz CT molecular complexity index is 328. The van der Waals surface area contributed by atoms with Crippen molar-refractivity contribution in [3.8, 4) is 5.75 Å². The van der Waals surface area contributed by atoms with Gasteiger partial charge < -0.3 is 19.9 Å². The highest BCUT2D eigenvalue weighted by Gasteiger charge is 2.07. The van der Waals surface area contributed by atoms with E-state index in [1.807, 2.05) is 38.1 Å². The number of hydrogen-bond donors (Lipinski definition) is 2. The van der Waals surface area contributed by atoms with Crippen molar-refractivity contribution in [3.05, 3.63) is 24.3 Å². The van der Waals surface area contributed by atoms with Gasteiger partial charge in [-0.25, -0.2) is 0 Å². The average Bonchev–Trinajstić information content (AvgIpc) is 2.34. The molecule has 1 aromatic carbocycles. The smallest absolute Gasteiger partial charge is 0.141 e. The molecule has 1 unspecified atom stereocenters. The van der Waals surface area contributed by atoms with E-state index >= 15 is 0 Å². The van der Waals surface area contributed by atoms with Crippen LogP contribution < -0.4 is 10.1 Å². The summed E-state index contributed by atoms with van der Waals surface area (Å²) in [5.41, 5.74) is 0.874. The van der Waals surface area contributed by atoms with E-state index in [0.717, 1.165) is 11.4 Å². The largest absolute Gasteiger partial charge is 0.495 e. The Morgan fingerprint density at radius 2 is 2.00 bits per heavy atom. The molecule has 0 heterocycles. The van der Waals surface area contributed by atoms with Crippen LogP contribution in [0.15, 0.2) is 24.3 Å². The van der Waals surface area contributed by atoms with Crippen LogP contribution >= 0.6 is 0 Å². The molecule has 0 fully saturated rings. The van der Waals surface area contributed by atoms with E-state index in [4.69, 9.17) is 9.47 Å². The lowest BCUT2D eigenvalue weighted by Gasteiger charge is -2.16. The fourth-order valence-electron chi connectivity index (χ4n) is 1.38. The second-order valence-corrected chi connectivity index (χ2v) is 4.12. The highest BCUT2D eigenvalue weighted by Crippen LogP contribution is 2.22. The predicted octanol–water partition coefficient (Wildman–Crippen LogP) is 1.89. The lowest BCUT2D eigenvalue weighted by atomic mass is 10.2.